The lowest BCUT2D eigenvalue weighted by Gasteiger charge is -2.12. The van der Waals surface area contributed by atoms with Crippen LogP contribution in [-0.2, 0) is 19.7 Å². The Morgan fingerprint density at radius 1 is 1.00 bits per heavy atom. The van der Waals surface area contributed by atoms with Crippen LogP contribution in [0, 0.1) is 11.3 Å². The van der Waals surface area contributed by atoms with Crippen molar-refractivity contribution in [3.8, 4) is 28.8 Å². The van der Waals surface area contributed by atoms with E-state index in [1.54, 1.807) is 41.0 Å². The minimum atomic E-state index is -4.05. The molecule has 0 spiro atoms. The van der Waals surface area contributed by atoms with Gasteiger partial charge in [-0.25, -0.2) is 16.8 Å². The molecule has 4 rings (SSSR count). The van der Waals surface area contributed by atoms with Crippen molar-refractivity contribution in [3.63, 3.8) is 0 Å². The number of rotatable bonds is 4. The first-order chi connectivity index (χ1) is 14.5. The van der Waals surface area contributed by atoms with Crippen molar-refractivity contribution in [3.05, 3.63) is 54.1 Å². The van der Waals surface area contributed by atoms with Crippen molar-refractivity contribution in [2.24, 2.45) is 0 Å². The molecule has 158 valence electrons. The Hall–Kier alpha value is -3.62. The van der Waals surface area contributed by atoms with Crippen LogP contribution in [0.1, 0.15) is 5.56 Å². The number of phenolic OH excluding ortho intramolecular Hbond substituents is 1. The molecule has 0 unspecified atom stereocenters. The molecule has 4 aromatic rings. The zero-order valence-corrected chi connectivity index (χ0v) is 17.9. The molecular formula is C20H15N3O6S2. The highest BCUT2D eigenvalue weighted by Crippen LogP contribution is 2.42. The first-order valence-corrected chi connectivity index (χ1v) is 12.6. The standard InChI is InChI=1S/C20H15N3O6S2/c1-30(25,26)19-17(20(29-22-19)31(2,27)28)18-15(11-21)14-5-3-4-6-16(14)23(18)12-7-9-13(24)10-8-12/h3-10,24H,1-2H3. The first-order valence-electron chi connectivity index (χ1n) is 8.77. The van der Waals surface area contributed by atoms with Gasteiger partial charge in [0.25, 0.3) is 5.09 Å². The van der Waals surface area contributed by atoms with Gasteiger partial charge in [0.1, 0.15) is 11.8 Å². The van der Waals surface area contributed by atoms with E-state index in [9.17, 15) is 27.2 Å². The van der Waals surface area contributed by atoms with Crippen LogP contribution in [0.15, 0.2) is 63.2 Å². The summed E-state index contributed by atoms with van der Waals surface area (Å²) in [5.74, 6) is 0.000830. The smallest absolute Gasteiger partial charge is 0.261 e. The van der Waals surface area contributed by atoms with E-state index in [2.05, 4.69) is 11.2 Å². The van der Waals surface area contributed by atoms with Crippen molar-refractivity contribution in [1.29, 1.82) is 5.26 Å². The summed E-state index contributed by atoms with van der Waals surface area (Å²) < 4.78 is 56.2. The van der Waals surface area contributed by atoms with Gasteiger partial charge in [0.15, 0.2) is 9.84 Å². The SMILES string of the molecule is CS(=O)(=O)c1noc(S(C)(=O)=O)c1-c1c(C#N)c2ccccc2n1-c1ccc(O)cc1. The summed E-state index contributed by atoms with van der Waals surface area (Å²) in [5, 5.41) is 22.4. The van der Waals surface area contributed by atoms with Gasteiger partial charge in [-0.1, -0.05) is 23.4 Å². The zero-order chi connectivity index (χ0) is 22.6. The third-order valence-electron chi connectivity index (χ3n) is 4.65. The maximum atomic E-state index is 12.4. The molecule has 2 heterocycles. The summed E-state index contributed by atoms with van der Waals surface area (Å²) in [6.07, 6.45) is 1.74. The second kappa shape index (κ2) is 6.97. The number of benzene rings is 2. The molecule has 0 radical (unpaired) electrons. The third-order valence-corrected chi connectivity index (χ3v) is 6.58. The van der Waals surface area contributed by atoms with Gasteiger partial charge in [-0.15, -0.1) is 0 Å². The van der Waals surface area contributed by atoms with Crippen molar-refractivity contribution in [1.82, 2.24) is 9.72 Å². The number of hydrogen-bond acceptors (Lipinski definition) is 8. The van der Waals surface area contributed by atoms with Crippen molar-refractivity contribution in [2.75, 3.05) is 12.5 Å². The lowest BCUT2D eigenvalue weighted by Crippen LogP contribution is -2.06. The van der Waals surface area contributed by atoms with Crippen LogP contribution in [0.5, 0.6) is 5.75 Å². The van der Waals surface area contributed by atoms with Crippen LogP contribution < -0.4 is 0 Å². The number of hydrogen-bond donors (Lipinski definition) is 1. The summed E-state index contributed by atoms with van der Waals surface area (Å²) in [6.45, 7) is 0. The maximum absolute atomic E-state index is 12.4. The van der Waals surface area contributed by atoms with Crippen molar-refractivity contribution in [2.45, 2.75) is 10.1 Å². The number of sulfone groups is 2. The molecule has 11 heteroatoms. The second-order valence-electron chi connectivity index (χ2n) is 6.90. The molecule has 0 fully saturated rings. The summed E-state index contributed by atoms with van der Waals surface area (Å²) >= 11 is 0. The lowest BCUT2D eigenvalue weighted by atomic mass is 10.1. The molecule has 0 amide bonds. The highest BCUT2D eigenvalue weighted by molar-refractivity contribution is 7.91. The van der Waals surface area contributed by atoms with E-state index in [-0.39, 0.29) is 22.6 Å². The van der Waals surface area contributed by atoms with E-state index >= 15 is 0 Å². The quantitative estimate of drug-likeness (QED) is 0.493. The Kier molecular flexibility index (Phi) is 4.64. The Labute approximate surface area is 177 Å². The van der Waals surface area contributed by atoms with Gasteiger partial charge >= 0.3 is 0 Å². The van der Waals surface area contributed by atoms with Gasteiger partial charge in [0.2, 0.25) is 14.9 Å². The topological polar surface area (TPSA) is 143 Å². The minimum absolute atomic E-state index is 0.000830. The molecule has 0 bridgehead atoms. The fraction of sp³-hybridized carbons (Fsp3) is 0.100. The van der Waals surface area contributed by atoms with Crippen LogP contribution in [0.2, 0.25) is 0 Å². The zero-order valence-electron chi connectivity index (χ0n) is 16.3. The number of nitrogens with zero attached hydrogens (tertiary/aromatic N) is 3. The van der Waals surface area contributed by atoms with E-state index in [0.717, 1.165) is 12.5 Å². The second-order valence-corrected chi connectivity index (χ2v) is 10.7. The summed E-state index contributed by atoms with van der Waals surface area (Å²) in [4.78, 5) is 0. The molecule has 0 aliphatic heterocycles. The molecule has 0 aliphatic carbocycles. The third kappa shape index (κ3) is 3.35. The minimum Gasteiger partial charge on any atom is -0.508 e. The number of aromatic nitrogens is 2. The molecule has 1 N–H and O–H groups in total. The summed E-state index contributed by atoms with van der Waals surface area (Å²) in [7, 11) is -8.07. The Bertz CT molecular complexity index is 1540. The molecule has 2 aromatic carbocycles. The molecule has 0 saturated heterocycles. The molecular weight excluding hydrogens is 442 g/mol. The Balaban J connectivity index is 2.29. The average Bonchev–Trinajstić information content (AvgIpc) is 3.27. The number of fused-ring (bicyclic) bond motifs is 1. The number of phenols is 1. The predicted octanol–water partition coefficient (Wildman–Crippen LogP) is 2.67. The Morgan fingerprint density at radius 3 is 2.23 bits per heavy atom. The summed E-state index contributed by atoms with van der Waals surface area (Å²) in [5.41, 5.74) is 0.745. The molecule has 9 nitrogen and oxygen atoms in total. The van der Waals surface area contributed by atoms with Crippen LogP contribution in [0.3, 0.4) is 0 Å². The lowest BCUT2D eigenvalue weighted by molar-refractivity contribution is 0.329. The highest BCUT2D eigenvalue weighted by atomic mass is 32.2. The van der Waals surface area contributed by atoms with Gasteiger partial charge in [-0.3, -0.25) is 0 Å². The van der Waals surface area contributed by atoms with E-state index < -0.39 is 29.8 Å². The van der Waals surface area contributed by atoms with Crippen molar-refractivity contribution < 1.29 is 26.5 Å². The van der Waals surface area contributed by atoms with Crippen molar-refractivity contribution >= 4 is 30.6 Å². The summed E-state index contributed by atoms with van der Waals surface area (Å²) in [6, 6.07) is 14.8. The van der Waals surface area contributed by atoms with Gasteiger partial charge in [-0.2, -0.15) is 5.26 Å². The number of nitriles is 1. The van der Waals surface area contributed by atoms with Gasteiger partial charge < -0.3 is 14.2 Å². The highest BCUT2D eigenvalue weighted by Gasteiger charge is 2.35. The fourth-order valence-corrected chi connectivity index (χ4v) is 4.96. The first kappa shape index (κ1) is 20.6. The molecule has 2 aromatic heterocycles. The van der Waals surface area contributed by atoms with Gasteiger partial charge in [-0.05, 0) is 30.3 Å². The van der Waals surface area contributed by atoms with Gasteiger partial charge in [0.05, 0.1) is 22.3 Å². The predicted molar refractivity (Wildman–Crippen MR) is 111 cm³/mol. The maximum Gasteiger partial charge on any atom is 0.261 e. The number of aromatic hydroxyl groups is 1. The fourth-order valence-electron chi connectivity index (χ4n) is 3.43. The van der Waals surface area contributed by atoms with Gasteiger partial charge in [0, 0.05) is 23.6 Å². The monoisotopic (exact) mass is 457 g/mol. The van der Waals surface area contributed by atoms with Crippen LogP contribution in [0.4, 0.5) is 0 Å². The molecule has 0 aliphatic rings. The van der Waals surface area contributed by atoms with E-state index in [4.69, 9.17) is 4.52 Å². The van der Waals surface area contributed by atoms with Crippen LogP contribution in [-0.4, -0.2) is 44.2 Å². The molecule has 0 atom stereocenters. The number of para-hydroxylation sites is 1. The largest absolute Gasteiger partial charge is 0.508 e. The molecule has 0 saturated carbocycles. The van der Waals surface area contributed by atoms with E-state index in [0.29, 0.717) is 16.6 Å². The van der Waals surface area contributed by atoms with Crippen LogP contribution >= 0.6 is 0 Å². The molecule has 31 heavy (non-hydrogen) atoms. The Morgan fingerprint density at radius 2 is 1.65 bits per heavy atom. The normalized spacial score (nSPS) is 12.2. The van der Waals surface area contributed by atoms with E-state index in [1.807, 2.05) is 0 Å². The van der Waals surface area contributed by atoms with E-state index in [1.165, 1.54) is 12.1 Å². The average molecular weight is 457 g/mol. The van der Waals surface area contributed by atoms with Crippen LogP contribution in [0.25, 0.3) is 27.8 Å².